The minimum absolute atomic E-state index is 0.0186. The summed E-state index contributed by atoms with van der Waals surface area (Å²) < 4.78 is 0. The van der Waals surface area contributed by atoms with Crippen LogP contribution in [-0.2, 0) is 4.79 Å². The molecule has 3 atom stereocenters. The Morgan fingerprint density at radius 2 is 2.08 bits per heavy atom. The number of ketones is 1. The van der Waals surface area contributed by atoms with E-state index in [1.54, 1.807) is 6.08 Å². The van der Waals surface area contributed by atoms with Gasteiger partial charge in [-0.2, -0.15) is 0 Å². The number of hydrogen-bond acceptors (Lipinski definition) is 2. The molecule has 0 heterocycles. The molecule has 2 unspecified atom stereocenters. The number of allylic oxidation sites excluding steroid dienone is 1. The van der Waals surface area contributed by atoms with Gasteiger partial charge in [0.05, 0.1) is 6.10 Å². The van der Waals surface area contributed by atoms with Gasteiger partial charge in [0.1, 0.15) is 0 Å². The van der Waals surface area contributed by atoms with Gasteiger partial charge >= 0.3 is 0 Å². The van der Waals surface area contributed by atoms with E-state index in [1.807, 2.05) is 6.92 Å². The summed E-state index contributed by atoms with van der Waals surface area (Å²) >= 11 is 0. The van der Waals surface area contributed by atoms with Crippen molar-refractivity contribution in [3.8, 4) is 0 Å². The summed E-state index contributed by atoms with van der Waals surface area (Å²) in [4.78, 5) is 11.4. The van der Waals surface area contributed by atoms with Crippen LogP contribution in [0.25, 0.3) is 0 Å². The van der Waals surface area contributed by atoms with Gasteiger partial charge in [0.25, 0.3) is 0 Å². The van der Waals surface area contributed by atoms with Crippen LogP contribution in [0.15, 0.2) is 11.6 Å². The van der Waals surface area contributed by atoms with Gasteiger partial charge in [0.2, 0.25) is 0 Å². The molecule has 2 aliphatic carbocycles. The van der Waals surface area contributed by atoms with Crippen molar-refractivity contribution >= 4 is 5.78 Å². The molecule has 0 aromatic carbocycles. The summed E-state index contributed by atoms with van der Waals surface area (Å²) in [6, 6.07) is 0. The highest BCUT2D eigenvalue weighted by molar-refractivity contribution is 5.97. The number of hydrogen-bond donors (Lipinski definition) is 1. The number of aliphatic hydroxyl groups excluding tert-OH is 1. The van der Waals surface area contributed by atoms with Crippen LogP contribution in [-0.4, -0.2) is 17.0 Å². The molecule has 1 fully saturated rings. The van der Waals surface area contributed by atoms with E-state index in [2.05, 4.69) is 13.8 Å². The molecule has 0 saturated heterocycles. The maximum absolute atomic E-state index is 11.4. The lowest BCUT2D eigenvalue weighted by Gasteiger charge is -2.14. The molecule has 0 aromatic heterocycles. The van der Waals surface area contributed by atoms with Crippen molar-refractivity contribution in [2.24, 2.45) is 17.3 Å². The molecule has 1 N–H and O–H groups in total. The van der Waals surface area contributed by atoms with Crippen LogP contribution in [0.2, 0.25) is 0 Å². The van der Waals surface area contributed by atoms with Crippen molar-refractivity contribution in [3.63, 3.8) is 0 Å². The molecule has 1 saturated carbocycles. The molecule has 0 radical (unpaired) electrons. The molecular formula is C10H14O2. The van der Waals surface area contributed by atoms with Crippen LogP contribution >= 0.6 is 0 Å². The molecule has 0 aliphatic heterocycles. The average molecular weight is 166 g/mol. The fourth-order valence-corrected chi connectivity index (χ4v) is 2.49. The Morgan fingerprint density at radius 1 is 1.50 bits per heavy atom. The third-order valence-electron chi connectivity index (χ3n) is 3.39. The molecule has 0 aromatic rings. The second-order valence-corrected chi connectivity index (χ2v) is 4.56. The Bertz CT molecular complexity index is 276. The fraction of sp³-hybridized carbons (Fsp3) is 0.700. The van der Waals surface area contributed by atoms with Crippen LogP contribution in [0.4, 0.5) is 0 Å². The lowest BCUT2D eigenvalue weighted by atomic mass is 9.97. The highest BCUT2D eigenvalue weighted by Crippen LogP contribution is 2.62. The van der Waals surface area contributed by atoms with Gasteiger partial charge in [0.15, 0.2) is 5.78 Å². The normalized spacial score (nSPS) is 43.5. The quantitative estimate of drug-likeness (QED) is 0.586. The van der Waals surface area contributed by atoms with Crippen LogP contribution in [0.5, 0.6) is 0 Å². The van der Waals surface area contributed by atoms with Crippen LogP contribution < -0.4 is 0 Å². The monoisotopic (exact) mass is 166 g/mol. The predicted molar refractivity (Wildman–Crippen MR) is 45.5 cm³/mol. The maximum atomic E-state index is 11.4. The molecule has 2 aliphatic rings. The molecule has 2 nitrogen and oxygen atoms in total. The summed E-state index contributed by atoms with van der Waals surface area (Å²) in [6.45, 7) is 5.93. The lowest BCUT2D eigenvalue weighted by molar-refractivity contribution is -0.117. The van der Waals surface area contributed by atoms with Crippen LogP contribution in [0.1, 0.15) is 20.8 Å². The van der Waals surface area contributed by atoms with Crippen molar-refractivity contribution in [1.29, 1.82) is 0 Å². The molecule has 0 bridgehead atoms. The predicted octanol–water partition coefficient (Wildman–Crippen LogP) is 1.15. The van der Waals surface area contributed by atoms with E-state index >= 15 is 0 Å². The van der Waals surface area contributed by atoms with E-state index in [0.29, 0.717) is 0 Å². The van der Waals surface area contributed by atoms with Crippen molar-refractivity contribution in [1.82, 2.24) is 0 Å². The van der Waals surface area contributed by atoms with Gasteiger partial charge in [-0.15, -0.1) is 0 Å². The Kier molecular flexibility index (Phi) is 1.33. The Labute approximate surface area is 72.3 Å². The third kappa shape index (κ3) is 0.761. The SMILES string of the molecule is CC1=CC(=O)C2C([C@H]1O)C2(C)C. The smallest absolute Gasteiger partial charge is 0.159 e. The average Bonchev–Trinajstić information content (AvgIpc) is 2.50. The zero-order valence-electron chi connectivity index (χ0n) is 7.66. The first kappa shape index (κ1) is 7.99. The second-order valence-electron chi connectivity index (χ2n) is 4.56. The minimum Gasteiger partial charge on any atom is -0.388 e. The molecule has 2 rings (SSSR count). The van der Waals surface area contributed by atoms with Crippen molar-refractivity contribution in [3.05, 3.63) is 11.6 Å². The zero-order chi connectivity index (χ0) is 9.09. The molecule has 0 amide bonds. The molecule has 12 heavy (non-hydrogen) atoms. The Hall–Kier alpha value is -0.630. The Morgan fingerprint density at radius 3 is 2.67 bits per heavy atom. The number of carbonyl (C=O) groups excluding carboxylic acids is 1. The van der Waals surface area contributed by atoms with Gasteiger partial charge < -0.3 is 5.11 Å². The second kappa shape index (κ2) is 1.99. The van der Waals surface area contributed by atoms with Crippen LogP contribution in [0, 0.1) is 17.3 Å². The maximum Gasteiger partial charge on any atom is 0.159 e. The summed E-state index contributed by atoms with van der Waals surface area (Å²) in [6.07, 6.45) is 1.21. The van der Waals surface area contributed by atoms with Gasteiger partial charge in [-0.05, 0) is 24.0 Å². The summed E-state index contributed by atoms with van der Waals surface area (Å²) in [5.74, 6) is 0.457. The van der Waals surface area contributed by atoms with E-state index in [9.17, 15) is 9.90 Å². The fourth-order valence-electron chi connectivity index (χ4n) is 2.49. The molecule has 0 spiro atoms. The highest BCUT2D eigenvalue weighted by atomic mass is 16.3. The van der Waals surface area contributed by atoms with E-state index in [-0.39, 0.29) is 29.1 Å². The summed E-state index contributed by atoms with van der Waals surface area (Å²) in [5.41, 5.74) is 0.844. The lowest BCUT2D eigenvalue weighted by Crippen LogP contribution is -2.20. The topological polar surface area (TPSA) is 37.3 Å². The first-order chi connectivity index (χ1) is 5.46. The first-order valence-electron chi connectivity index (χ1n) is 4.36. The van der Waals surface area contributed by atoms with Gasteiger partial charge in [0, 0.05) is 11.8 Å². The number of rotatable bonds is 0. The summed E-state index contributed by atoms with van der Waals surface area (Å²) in [5, 5.41) is 9.72. The standard InChI is InChI=1S/C10H14O2/c1-5-4-6(11)7-8(9(5)12)10(7,2)3/h4,7-9,12H,1-3H3/t7?,8?,9-/m0/s1. The number of fused-ring (bicyclic) bond motifs is 1. The number of aliphatic hydroxyl groups is 1. The van der Waals surface area contributed by atoms with Crippen LogP contribution in [0.3, 0.4) is 0 Å². The number of carbonyl (C=O) groups is 1. The molecule has 66 valence electrons. The van der Waals surface area contributed by atoms with Crippen molar-refractivity contribution < 1.29 is 9.90 Å². The molecular weight excluding hydrogens is 152 g/mol. The largest absolute Gasteiger partial charge is 0.388 e. The highest BCUT2D eigenvalue weighted by Gasteiger charge is 2.65. The van der Waals surface area contributed by atoms with E-state index in [0.717, 1.165) is 5.57 Å². The minimum atomic E-state index is -0.386. The van der Waals surface area contributed by atoms with Crippen molar-refractivity contribution in [2.75, 3.05) is 0 Å². The first-order valence-corrected chi connectivity index (χ1v) is 4.36. The zero-order valence-corrected chi connectivity index (χ0v) is 7.66. The van der Waals surface area contributed by atoms with E-state index in [4.69, 9.17) is 0 Å². The summed E-state index contributed by atoms with van der Waals surface area (Å²) in [7, 11) is 0. The van der Waals surface area contributed by atoms with Gasteiger partial charge in [-0.3, -0.25) is 4.79 Å². The van der Waals surface area contributed by atoms with E-state index < -0.39 is 0 Å². The van der Waals surface area contributed by atoms with E-state index in [1.165, 1.54) is 0 Å². The van der Waals surface area contributed by atoms with Gasteiger partial charge in [-0.1, -0.05) is 13.8 Å². The van der Waals surface area contributed by atoms with Gasteiger partial charge in [-0.25, -0.2) is 0 Å². The Balaban J connectivity index is 2.35. The molecule has 2 heteroatoms. The third-order valence-corrected chi connectivity index (χ3v) is 3.39. The van der Waals surface area contributed by atoms with Crippen molar-refractivity contribution in [2.45, 2.75) is 26.9 Å².